The highest BCUT2D eigenvalue weighted by Crippen LogP contribution is 2.46. The van der Waals surface area contributed by atoms with Crippen molar-refractivity contribution >= 4 is 150 Å². The molecule has 6 rings (SSSR count). The molecule has 7 amide bonds. The summed E-state index contributed by atoms with van der Waals surface area (Å²) in [6, 6.07) is 11.3. The third-order valence-corrected chi connectivity index (χ3v) is 27.2. The van der Waals surface area contributed by atoms with Crippen LogP contribution in [0.1, 0.15) is 146 Å². The van der Waals surface area contributed by atoms with Crippen LogP contribution in [0.5, 0.6) is 0 Å². The molecule has 0 unspecified atom stereocenters. The van der Waals surface area contributed by atoms with Gasteiger partial charge in [-0.2, -0.15) is 16.7 Å². The molecule has 30 N–H and O–H groups in total. The Morgan fingerprint density at radius 1 is 0.478 bits per heavy atom. The Bertz CT molecular complexity index is 4920. The fourth-order valence-corrected chi connectivity index (χ4v) is 18.7. The number of rotatable bonds is 69. The zero-order valence-corrected chi connectivity index (χ0v) is 78.0. The number of fused-ring (bicyclic) bond motifs is 4. The lowest BCUT2D eigenvalue weighted by atomic mass is 9.89. The normalized spacial score (nSPS) is 16.1. The van der Waals surface area contributed by atoms with Crippen LogP contribution >= 0.6 is 44.7 Å². The number of carbonyl (C=O) groups excluding carboxylic acids is 11. The Morgan fingerprint density at radius 2 is 0.913 bits per heavy atom. The van der Waals surface area contributed by atoms with Crippen molar-refractivity contribution in [2.75, 3.05) is 74.8 Å². The Hall–Kier alpha value is -10.5. The number of aliphatic hydroxyl groups excluding tert-OH is 15. The molecule has 138 heavy (non-hydrogen) atoms. The molecule has 0 bridgehead atoms. The van der Waals surface area contributed by atoms with Crippen LogP contribution in [0.25, 0.3) is 22.2 Å². The summed E-state index contributed by atoms with van der Waals surface area (Å²) in [5.74, 6) is -23.1. The maximum Gasteiger partial charge on any atom is 0.327 e. The molecule has 3 aromatic heterocycles. The topological polar surface area (TPSA) is 821 Å². The van der Waals surface area contributed by atoms with Gasteiger partial charge in [-0.15, -0.1) is 11.3 Å². The number of carboxylic acids is 4. The number of aromatic amines is 2. The molecular formula is C87H121N11O36S4. The zero-order chi connectivity index (χ0) is 102. The number of benzene rings is 2. The molecule has 19 atom stereocenters. The number of anilines is 1. The summed E-state index contributed by atoms with van der Waals surface area (Å²) in [4.78, 5) is 227. The van der Waals surface area contributed by atoms with Gasteiger partial charge in [0.05, 0.1) is 60.5 Å². The second-order valence-corrected chi connectivity index (χ2v) is 37.8. The van der Waals surface area contributed by atoms with Crippen LogP contribution in [0, 0.1) is 17.8 Å². The van der Waals surface area contributed by atoms with Crippen LogP contribution in [0.2, 0.25) is 0 Å². The van der Waals surface area contributed by atoms with Crippen molar-refractivity contribution in [2.45, 2.75) is 225 Å². The number of nitrogens with one attached hydrogen (secondary N) is 9. The summed E-state index contributed by atoms with van der Waals surface area (Å²) in [5.41, 5.74) is 10.4. The summed E-state index contributed by atoms with van der Waals surface area (Å²) in [6.07, 6.45) is -33.6. The van der Waals surface area contributed by atoms with E-state index in [9.17, 15) is 169 Å². The highest BCUT2D eigenvalue weighted by molar-refractivity contribution is 8.76. The minimum Gasteiger partial charge on any atom is -0.481 e. The summed E-state index contributed by atoms with van der Waals surface area (Å²) in [6.45, 7) is -6.09. The predicted octanol–water partition coefficient (Wildman–Crippen LogP) is -5.11. The molecule has 2 aromatic carbocycles. The van der Waals surface area contributed by atoms with Crippen LogP contribution in [0.3, 0.4) is 0 Å². The molecule has 764 valence electrons. The first kappa shape index (κ1) is 116. The lowest BCUT2D eigenvalue weighted by Crippen LogP contribution is -2.50. The predicted molar refractivity (Wildman–Crippen MR) is 494 cm³/mol. The standard InChI is InChI=1S/C87H121N11O36S4/c88-87-97-79-72(84(129)98-87)45(33-92-79)6-5-7-47-15-19-65(138-47)83(128)95-55(85(130)131)18-25-71(118)134-27-29-136-137-41-56(86(132)133)96-82(127)44(14-22-68(113)91-36-61(107)75(121)78(124)64(110)39-101)32-58(104)54(17-24-70(116)117)94-81(126)43(13-21-67(112)90-35-60(106)74(120)77(123)63(109)38-100)31-57(103)53(16-23-69(114)115)93-80(125)42(12-20-66(111)89-34-59(105)73(119)76(122)62(108)37-99)30-46(102)26-28-135-40-52-50-10-3-1-8-48(50)49-9-2-4-11-51(49)52/h1-4,8-11,15,19,33,42-44,52-56,59-64,73-78,99-101,105-110,119-124H,5-7,12-14,16-18,20-32,34-41H2,(H,89,111)(H,90,112)(H,91,113)(H,93,125)(H,94,126)(H,95,128)(H,96,127)(H,114,115)(H,116,117)(H,130,131)(H,132,133)(H4,88,92,97,98,129)/t42-,43-,44-,53+,54+,55+,56+,59+,60+,61+,62-,63-,64-,73-,74-,75-,76-,77-,78-/m1/s1. The largest absolute Gasteiger partial charge is 0.481 e. The highest BCUT2D eigenvalue weighted by Gasteiger charge is 2.39. The number of H-pyrrole nitrogens is 2. The highest BCUT2D eigenvalue weighted by atomic mass is 33.1. The van der Waals surface area contributed by atoms with Crippen LogP contribution in [0.4, 0.5) is 5.95 Å². The van der Waals surface area contributed by atoms with Crippen molar-refractivity contribution in [3.8, 4) is 11.1 Å². The number of aliphatic carboxylic acids is 4. The molecule has 3 heterocycles. The van der Waals surface area contributed by atoms with Gasteiger partial charge in [0.15, 0.2) is 11.6 Å². The number of hydrogen-bond acceptors (Lipinski definition) is 38. The van der Waals surface area contributed by atoms with E-state index in [1.807, 2.05) is 48.5 Å². The van der Waals surface area contributed by atoms with Gasteiger partial charge in [-0.05, 0) is 97.7 Å². The van der Waals surface area contributed by atoms with Gasteiger partial charge in [-0.1, -0.05) is 70.1 Å². The number of ether oxygens (including phenoxy) is 1. The summed E-state index contributed by atoms with van der Waals surface area (Å²) < 4.78 is 5.24. The number of amides is 7. The lowest BCUT2D eigenvalue weighted by molar-refractivity contribution is -0.144. The van der Waals surface area contributed by atoms with Crippen LogP contribution in [0.15, 0.2) is 71.7 Å². The number of nitrogens with zero attached hydrogens (tertiary/aromatic N) is 1. The first-order valence-corrected chi connectivity index (χ1v) is 48.5. The first-order chi connectivity index (χ1) is 65.5. The Kier molecular flexibility index (Phi) is 49.8. The van der Waals surface area contributed by atoms with Crippen molar-refractivity contribution in [1.29, 1.82) is 0 Å². The fraction of sp³-hybridized carbons (Fsp3) is 0.575. The summed E-state index contributed by atoms with van der Waals surface area (Å²) >= 11 is 2.52. The Morgan fingerprint density at radius 3 is 1.36 bits per heavy atom. The number of ketones is 3. The van der Waals surface area contributed by atoms with Gasteiger partial charge in [0.1, 0.15) is 85.1 Å². The van der Waals surface area contributed by atoms with E-state index >= 15 is 4.79 Å². The van der Waals surface area contributed by atoms with E-state index in [0.717, 1.165) is 60.1 Å². The molecule has 0 fully saturated rings. The molecule has 1 aliphatic carbocycles. The van der Waals surface area contributed by atoms with Crippen LogP contribution < -0.4 is 48.5 Å². The SMILES string of the molecule is Nc1nc2[nH]cc(CCCc3ccc(C(=O)N[C@@H](CCC(=O)OCCSSC[C@H](NC(=O)[C@H](CCC(=O)NC[C@H](O)[C@@H](O)[C@H](O)[C@H](O)CO)CC(=O)[C@H](CCC(=O)O)NC(=O)[C@H](CCC(=O)NC[C@H](O)[C@@H](O)[C@H](O)[C@H](O)CO)CC(=O)[C@H](CCC(=O)O)NC(=O)[C@H](CCC(=O)NC[C@H](O)[C@@H](O)[C@H](O)[C@H](O)CO)CC(=O)CCSCC4c5ccccc5-c5ccccc54)C(=O)O)C(=O)O)s3)c2c(=O)[nH]1. The van der Waals surface area contributed by atoms with Crippen molar-refractivity contribution in [2.24, 2.45) is 17.8 Å². The molecule has 51 heteroatoms. The Labute approximate surface area is 804 Å². The molecule has 47 nitrogen and oxygen atoms in total. The number of hydrogen-bond donors (Lipinski definition) is 29. The maximum atomic E-state index is 15.0. The third-order valence-electron chi connectivity index (χ3n) is 22.6. The average Bonchev–Trinajstić information content (AvgIpc) is 1.61. The van der Waals surface area contributed by atoms with Crippen molar-refractivity contribution in [3.05, 3.63) is 104 Å². The smallest absolute Gasteiger partial charge is 0.327 e. The number of Topliss-reactive ketones (excluding diaryl/α,β-unsaturated/α-hetero) is 3. The molecule has 0 saturated heterocycles. The van der Waals surface area contributed by atoms with E-state index in [0.29, 0.717) is 41.6 Å². The zero-order valence-electron chi connectivity index (χ0n) is 74.7. The second-order valence-electron chi connectivity index (χ2n) is 32.9. The molecule has 0 radical (unpaired) electrons. The number of thiophene rings is 1. The monoisotopic (exact) mass is 2020 g/mol. The van der Waals surface area contributed by atoms with E-state index in [4.69, 9.17) is 10.5 Å². The Balaban J connectivity index is 1.19. The van der Waals surface area contributed by atoms with Gasteiger partial charge in [0.25, 0.3) is 11.5 Å². The van der Waals surface area contributed by atoms with E-state index in [-0.39, 0.29) is 41.3 Å². The number of esters is 1. The molecular weight excluding hydrogens is 1900 g/mol. The minimum absolute atomic E-state index is 0.0536. The number of nitrogens with two attached hydrogens (primary N) is 1. The number of aromatic nitrogens is 3. The maximum absolute atomic E-state index is 15.0. The number of carbonyl (C=O) groups is 15. The van der Waals surface area contributed by atoms with Gasteiger partial charge in [0.2, 0.25) is 41.4 Å². The van der Waals surface area contributed by atoms with Gasteiger partial charge >= 0.3 is 29.8 Å². The van der Waals surface area contributed by atoms with E-state index in [2.05, 4.69) is 52.2 Å². The van der Waals surface area contributed by atoms with E-state index < -0.39 is 351 Å². The number of nitrogen functional groups attached to an aromatic ring is 1. The van der Waals surface area contributed by atoms with Gasteiger partial charge in [0, 0.05) is 142 Å². The van der Waals surface area contributed by atoms with Crippen molar-refractivity contribution in [1.82, 2.24) is 52.2 Å². The van der Waals surface area contributed by atoms with Gasteiger partial charge in [-0.3, -0.25) is 72.1 Å². The van der Waals surface area contributed by atoms with Gasteiger partial charge < -0.3 is 150 Å². The van der Waals surface area contributed by atoms with Crippen molar-refractivity contribution < 1.29 is 174 Å². The fourth-order valence-electron chi connectivity index (χ4n) is 14.6. The molecule has 1 aliphatic rings. The second kappa shape index (κ2) is 59.1. The minimum atomic E-state index is -2.21. The molecule has 5 aromatic rings. The summed E-state index contributed by atoms with van der Waals surface area (Å²) in [5, 5.41) is 207. The lowest BCUT2D eigenvalue weighted by Gasteiger charge is -2.26. The van der Waals surface area contributed by atoms with Crippen LogP contribution in [-0.4, -0.2) is 367 Å². The van der Waals surface area contributed by atoms with Gasteiger partial charge in [-0.25, -0.2) is 9.59 Å². The third kappa shape index (κ3) is 37.9. The van der Waals surface area contributed by atoms with Crippen molar-refractivity contribution in [3.63, 3.8) is 0 Å². The average molecular weight is 2030 g/mol. The molecule has 0 saturated carbocycles. The van der Waals surface area contributed by atoms with Crippen LogP contribution in [-0.2, 0) is 84.7 Å². The first-order valence-electron chi connectivity index (χ1n) is 44.1. The van der Waals surface area contributed by atoms with E-state index in [1.165, 1.54) is 17.8 Å². The molecule has 0 spiro atoms. The number of thioether (sulfide) groups is 1. The summed E-state index contributed by atoms with van der Waals surface area (Å²) in [7, 11) is 1.72. The number of aryl methyl sites for hydroxylation is 2. The number of carboxylic acid groups (broad SMARTS) is 4. The number of aliphatic hydroxyl groups is 15. The van der Waals surface area contributed by atoms with E-state index in [1.54, 1.807) is 12.3 Å². The molecule has 0 aliphatic heterocycles. The quantitative estimate of drug-likeness (QED) is 0.00983.